The van der Waals surface area contributed by atoms with Gasteiger partial charge in [-0.05, 0) is 59.2 Å². The van der Waals surface area contributed by atoms with E-state index in [0.717, 1.165) is 0 Å². The van der Waals surface area contributed by atoms with E-state index in [0.29, 0.717) is 16.7 Å². The van der Waals surface area contributed by atoms with E-state index in [1.807, 2.05) is 0 Å². The van der Waals surface area contributed by atoms with Crippen molar-refractivity contribution in [3.63, 3.8) is 0 Å². The van der Waals surface area contributed by atoms with Crippen molar-refractivity contribution in [2.45, 2.75) is 90.2 Å². The van der Waals surface area contributed by atoms with Gasteiger partial charge in [0.2, 0.25) is 29.5 Å². The third-order valence-electron chi connectivity index (χ3n) is 8.87. The molecule has 15 nitrogen and oxygen atoms in total. The van der Waals surface area contributed by atoms with Crippen LogP contribution in [0.4, 0.5) is 0 Å². The number of primary amides is 1. The molecule has 0 aliphatic carbocycles. The monoisotopic (exact) mass is 760 g/mol. The summed E-state index contributed by atoms with van der Waals surface area (Å²) >= 11 is 0. The van der Waals surface area contributed by atoms with Crippen molar-refractivity contribution in [2.24, 2.45) is 17.6 Å². The van der Waals surface area contributed by atoms with Crippen molar-refractivity contribution in [3.05, 3.63) is 95.6 Å². The van der Waals surface area contributed by atoms with Gasteiger partial charge in [-0.3, -0.25) is 28.8 Å². The van der Waals surface area contributed by atoms with E-state index >= 15 is 0 Å². The average Bonchev–Trinajstić information content (AvgIpc) is 3.12. The number of rotatable bonds is 19. The number of hydrogen-bond donors (Lipinski definition) is 9. The first-order valence-electron chi connectivity index (χ1n) is 18.0. The Morgan fingerprint density at radius 3 is 1.42 bits per heavy atom. The number of aliphatic hydroxyl groups is 1. The molecular weight excluding hydrogens is 708 g/mol. The van der Waals surface area contributed by atoms with Crippen LogP contribution in [0.15, 0.2) is 78.9 Å². The second kappa shape index (κ2) is 20.5. The number of amides is 6. The second-order valence-corrected chi connectivity index (χ2v) is 14.2. The van der Waals surface area contributed by atoms with Gasteiger partial charge in [-0.2, -0.15) is 0 Å². The zero-order chi connectivity index (χ0) is 40.8. The summed E-state index contributed by atoms with van der Waals surface area (Å²) in [6.45, 7) is 8.01. The molecule has 0 saturated carbocycles. The number of carbonyl (C=O) groups excluding carboxylic acids is 6. The van der Waals surface area contributed by atoms with Gasteiger partial charge >= 0.3 is 0 Å². The highest BCUT2D eigenvalue weighted by Gasteiger charge is 2.35. The number of nitrogens with two attached hydrogens (primary N) is 1. The third-order valence-corrected chi connectivity index (χ3v) is 8.87. The number of nitrogens with one attached hydrogen (secondary N) is 5. The fourth-order valence-corrected chi connectivity index (χ4v) is 5.83. The Labute approximate surface area is 320 Å². The van der Waals surface area contributed by atoms with E-state index in [-0.39, 0.29) is 36.7 Å². The molecule has 0 aromatic heterocycles. The lowest BCUT2D eigenvalue weighted by Crippen LogP contribution is -2.61. The van der Waals surface area contributed by atoms with E-state index in [4.69, 9.17) is 5.73 Å². The molecule has 3 rings (SSSR count). The maximum atomic E-state index is 13.9. The summed E-state index contributed by atoms with van der Waals surface area (Å²) in [5, 5.41) is 44.1. The van der Waals surface area contributed by atoms with Crippen LogP contribution in [-0.4, -0.2) is 87.1 Å². The Hall–Kier alpha value is -5.96. The van der Waals surface area contributed by atoms with Crippen LogP contribution in [0, 0.1) is 11.8 Å². The molecule has 0 radical (unpaired) electrons. The largest absolute Gasteiger partial charge is 0.508 e. The predicted molar refractivity (Wildman–Crippen MR) is 204 cm³/mol. The number of aliphatic hydroxyl groups excluding tert-OH is 1. The summed E-state index contributed by atoms with van der Waals surface area (Å²) < 4.78 is 0. The lowest BCUT2D eigenvalue weighted by Gasteiger charge is -2.30. The molecule has 0 heterocycles. The minimum Gasteiger partial charge on any atom is -0.508 e. The van der Waals surface area contributed by atoms with Crippen molar-refractivity contribution in [1.29, 1.82) is 0 Å². The Bertz CT molecular complexity index is 1770. The lowest BCUT2D eigenvalue weighted by atomic mass is 9.97. The molecule has 0 saturated heterocycles. The average molecular weight is 761 g/mol. The van der Waals surface area contributed by atoms with Crippen molar-refractivity contribution in [2.75, 3.05) is 0 Å². The van der Waals surface area contributed by atoms with Crippen LogP contribution in [0.3, 0.4) is 0 Å². The molecule has 6 atom stereocenters. The molecule has 6 amide bonds. The van der Waals surface area contributed by atoms with Gasteiger partial charge in [-0.1, -0.05) is 82.3 Å². The van der Waals surface area contributed by atoms with E-state index in [2.05, 4.69) is 26.6 Å². The molecule has 3 aromatic rings. The van der Waals surface area contributed by atoms with Crippen molar-refractivity contribution >= 4 is 35.4 Å². The van der Waals surface area contributed by atoms with Crippen LogP contribution in [0.1, 0.15) is 51.3 Å². The van der Waals surface area contributed by atoms with Crippen molar-refractivity contribution in [1.82, 2.24) is 26.6 Å². The highest BCUT2D eigenvalue weighted by molar-refractivity contribution is 5.94. The quantitative estimate of drug-likeness (QED) is 0.0835. The molecule has 0 aliphatic heterocycles. The van der Waals surface area contributed by atoms with Gasteiger partial charge in [0.25, 0.3) is 5.91 Å². The Balaban J connectivity index is 1.88. The van der Waals surface area contributed by atoms with Gasteiger partial charge in [0.1, 0.15) is 35.7 Å². The molecule has 0 bridgehead atoms. The van der Waals surface area contributed by atoms with E-state index < -0.39 is 77.7 Å². The maximum Gasteiger partial charge on any atom is 0.251 e. The molecule has 0 aliphatic rings. The number of carbonyl (C=O) groups is 6. The van der Waals surface area contributed by atoms with Crippen LogP contribution < -0.4 is 32.3 Å². The van der Waals surface area contributed by atoms with Gasteiger partial charge in [0.05, 0.1) is 6.04 Å². The van der Waals surface area contributed by atoms with Crippen LogP contribution in [0.2, 0.25) is 0 Å². The first-order valence-corrected chi connectivity index (χ1v) is 18.0. The molecule has 3 aromatic carbocycles. The fraction of sp³-hybridized carbons (Fsp3) is 0.400. The maximum absolute atomic E-state index is 13.9. The van der Waals surface area contributed by atoms with Crippen LogP contribution in [-0.2, 0) is 48.0 Å². The van der Waals surface area contributed by atoms with Gasteiger partial charge in [0, 0.05) is 19.8 Å². The van der Waals surface area contributed by atoms with E-state index in [1.54, 1.807) is 82.3 Å². The van der Waals surface area contributed by atoms with Crippen LogP contribution in [0.25, 0.3) is 0 Å². The van der Waals surface area contributed by atoms with E-state index in [1.165, 1.54) is 31.2 Å². The highest BCUT2D eigenvalue weighted by Crippen LogP contribution is 2.15. The van der Waals surface area contributed by atoms with E-state index in [9.17, 15) is 44.1 Å². The SMILES string of the molecule is CC(=O)NC(Cc1ccc(O)cc1)C(=O)NC(C(=O)N[C@@H](Cc1ccccc1)[C@@H](O)C(=O)N[C@@H](Cc1ccc(O)cc1)C(=O)N[C@H](C(N)=O)C(C)C)C(C)C. The summed E-state index contributed by atoms with van der Waals surface area (Å²) in [5.41, 5.74) is 7.35. The Kier molecular flexibility index (Phi) is 16.2. The Morgan fingerprint density at radius 2 is 0.982 bits per heavy atom. The van der Waals surface area contributed by atoms with Gasteiger partial charge < -0.3 is 47.6 Å². The summed E-state index contributed by atoms with van der Waals surface area (Å²) in [5.74, 6) is -5.25. The van der Waals surface area contributed by atoms with Crippen LogP contribution >= 0.6 is 0 Å². The summed E-state index contributed by atoms with van der Waals surface area (Å²) in [7, 11) is 0. The normalized spacial score (nSPS) is 14.4. The first kappa shape index (κ1) is 43.4. The van der Waals surface area contributed by atoms with Gasteiger partial charge in [0.15, 0.2) is 6.10 Å². The van der Waals surface area contributed by atoms with Crippen LogP contribution in [0.5, 0.6) is 11.5 Å². The molecule has 2 unspecified atom stereocenters. The standard InChI is InChI=1S/C40H52N6O9/c1-22(2)33(36(41)51)45-38(53)32(21-27-13-17-29(49)18-14-27)44-40(55)35(50)30(19-25-9-7-6-8-10-25)43-39(54)34(23(3)4)46-37(52)31(42-24(5)47)20-26-11-15-28(48)16-12-26/h6-18,22-23,30-35,48-50H,19-21H2,1-5H3,(H2,41,51)(H,42,47)(H,43,54)(H,44,55)(H,45,53)(H,46,52)/t30-,31?,32-,33-,34?,35+/m0/s1. The van der Waals surface area contributed by atoms with Crippen molar-refractivity contribution in [3.8, 4) is 11.5 Å². The first-order chi connectivity index (χ1) is 25.9. The molecule has 296 valence electrons. The van der Waals surface area contributed by atoms with Gasteiger partial charge in [-0.25, -0.2) is 0 Å². The molecule has 0 fully saturated rings. The molecular formula is C40H52N6O9. The number of phenols is 2. The summed E-state index contributed by atoms with van der Waals surface area (Å²) in [4.78, 5) is 78.9. The molecule has 10 N–H and O–H groups in total. The zero-order valence-electron chi connectivity index (χ0n) is 31.6. The number of phenolic OH excluding ortho intramolecular Hbond substituents is 2. The number of hydrogen-bond acceptors (Lipinski definition) is 9. The van der Waals surface area contributed by atoms with Gasteiger partial charge in [-0.15, -0.1) is 0 Å². The second-order valence-electron chi connectivity index (χ2n) is 14.2. The topological polar surface area (TPSA) is 249 Å². The highest BCUT2D eigenvalue weighted by atomic mass is 16.3. The summed E-state index contributed by atoms with van der Waals surface area (Å²) in [6.07, 6.45) is -1.97. The third kappa shape index (κ3) is 13.8. The Morgan fingerprint density at radius 1 is 0.545 bits per heavy atom. The predicted octanol–water partition coefficient (Wildman–Crippen LogP) is 0.728. The smallest absolute Gasteiger partial charge is 0.251 e. The molecule has 15 heteroatoms. The minimum absolute atomic E-state index is 0.0174. The number of benzene rings is 3. The van der Waals surface area contributed by atoms with Crippen molar-refractivity contribution < 1.29 is 44.1 Å². The fourth-order valence-electron chi connectivity index (χ4n) is 5.83. The minimum atomic E-state index is -1.92. The zero-order valence-corrected chi connectivity index (χ0v) is 31.6. The molecule has 55 heavy (non-hydrogen) atoms. The lowest BCUT2D eigenvalue weighted by molar-refractivity contribution is -0.137. The molecule has 0 spiro atoms. The summed E-state index contributed by atoms with van der Waals surface area (Å²) in [6, 6.07) is 14.9. The number of aromatic hydroxyl groups is 2.